The standard InChI is InChI=1S/C12H16F3N3O2/c1-7(19)20-6-11(2,3)18-10-9(16)4-8(5-17-10)12(13,14)15/h4-5H,6,16H2,1-3H3,(H,17,18). The van der Waals surface area contributed by atoms with Gasteiger partial charge in [0.25, 0.3) is 0 Å². The number of ether oxygens (including phenoxy) is 1. The second-order valence-electron chi connectivity index (χ2n) is 4.95. The Bertz CT molecular complexity index is 501. The lowest BCUT2D eigenvalue weighted by atomic mass is 10.1. The van der Waals surface area contributed by atoms with Gasteiger partial charge in [0.05, 0.1) is 16.8 Å². The van der Waals surface area contributed by atoms with E-state index in [1.807, 2.05) is 0 Å². The molecule has 8 heteroatoms. The maximum atomic E-state index is 12.5. The molecule has 0 unspecified atom stereocenters. The highest BCUT2D eigenvalue weighted by Crippen LogP contribution is 2.32. The number of nitrogens with zero attached hydrogens (tertiary/aromatic N) is 1. The largest absolute Gasteiger partial charge is 0.463 e. The fraction of sp³-hybridized carbons (Fsp3) is 0.500. The van der Waals surface area contributed by atoms with Crippen molar-refractivity contribution >= 4 is 17.5 Å². The highest BCUT2D eigenvalue weighted by atomic mass is 19.4. The molecule has 0 saturated carbocycles. The van der Waals surface area contributed by atoms with Gasteiger partial charge in [-0.2, -0.15) is 13.2 Å². The molecular weight excluding hydrogens is 275 g/mol. The zero-order chi connectivity index (χ0) is 15.6. The van der Waals surface area contributed by atoms with E-state index in [0.29, 0.717) is 6.20 Å². The Hall–Kier alpha value is -1.99. The van der Waals surface area contributed by atoms with Gasteiger partial charge in [-0.15, -0.1) is 0 Å². The molecule has 0 aliphatic heterocycles. The molecule has 20 heavy (non-hydrogen) atoms. The molecule has 112 valence electrons. The second-order valence-corrected chi connectivity index (χ2v) is 4.95. The van der Waals surface area contributed by atoms with E-state index in [4.69, 9.17) is 10.5 Å². The Balaban J connectivity index is 2.85. The van der Waals surface area contributed by atoms with Crippen LogP contribution in [0.1, 0.15) is 26.3 Å². The van der Waals surface area contributed by atoms with Crippen molar-refractivity contribution in [3.05, 3.63) is 17.8 Å². The van der Waals surface area contributed by atoms with Crippen LogP contribution < -0.4 is 11.1 Å². The number of nitrogens with two attached hydrogens (primary N) is 1. The predicted octanol–water partition coefficient (Wildman–Crippen LogP) is 2.44. The fourth-order valence-corrected chi connectivity index (χ4v) is 1.38. The zero-order valence-electron chi connectivity index (χ0n) is 11.3. The molecular formula is C12H16F3N3O2. The molecule has 1 aromatic heterocycles. The van der Waals surface area contributed by atoms with Crippen molar-refractivity contribution in [1.82, 2.24) is 4.98 Å². The summed E-state index contributed by atoms with van der Waals surface area (Å²) in [5.74, 6) is -0.344. The van der Waals surface area contributed by atoms with Gasteiger partial charge >= 0.3 is 12.1 Å². The van der Waals surface area contributed by atoms with Gasteiger partial charge in [0.15, 0.2) is 0 Å². The minimum Gasteiger partial charge on any atom is -0.463 e. The number of hydrogen-bond acceptors (Lipinski definition) is 5. The monoisotopic (exact) mass is 291 g/mol. The molecule has 0 amide bonds. The SMILES string of the molecule is CC(=O)OCC(C)(C)Nc1ncc(C(F)(F)F)cc1N. The van der Waals surface area contributed by atoms with E-state index in [-0.39, 0.29) is 18.1 Å². The molecule has 1 heterocycles. The zero-order valence-corrected chi connectivity index (χ0v) is 11.3. The van der Waals surface area contributed by atoms with Crippen molar-refractivity contribution in [2.45, 2.75) is 32.5 Å². The Morgan fingerprint density at radius 2 is 2.05 bits per heavy atom. The summed E-state index contributed by atoms with van der Waals surface area (Å²) in [6.07, 6.45) is -3.80. The average molecular weight is 291 g/mol. The van der Waals surface area contributed by atoms with Crippen molar-refractivity contribution in [1.29, 1.82) is 0 Å². The van der Waals surface area contributed by atoms with E-state index < -0.39 is 23.2 Å². The van der Waals surface area contributed by atoms with Gasteiger partial charge in [-0.3, -0.25) is 4.79 Å². The Labute approximate surface area is 114 Å². The number of anilines is 2. The molecule has 0 bridgehead atoms. The van der Waals surface area contributed by atoms with Crippen molar-refractivity contribution < 1.29 is 22.7 Å². The van der Waals surface area contributed by atoms with Crippen LogP contribution in [0.4, 0.5) is 24.7 Å². The number of nitrogen functional groups attached to an aromatic ring is 1. The van der Waals surface area contributed by atoms with Gasteiger partial charge in [-0.05, 0) is 19.9 Å². The van der Waals surface area contributed by atoms with Crippen molar-refractivity contribution in [3.63, 3.8) is 0 Å². The van der Waals surface area contributed by atoms with Crippen molar-refractivity contribution in [2.75, 3.05) is 17.7 Å². The maximum Gasteiger partial charge on any atom is 0.417 e. The number of hydrogen-bond donors (Lipinski definition) is 2. The lowest BCUT2D eigenvalue weighted by Gasteiger charge is -2.27. The number of pyridine rings is 1. The number of carbonyl (C=O) groups excluding carboxylic acids is 1. The third-order valence-corrected chi connectivity index (χ3v) is 2.34. The molecule has 0 spiro atoms. The van der Waals surface area contributed by atoms with E-state index >= 15 is 0 Å². The first-order valence-corrected chi connectivity index (χ1v) is 5.75. The summed E-state index contributed by atoms with van der Waals surface area (Å²) in [7, 11) is 0. The fourth-order valence-electron chi connectivity index (χ4n) is 1.38. The first-order valence-electron chi connectivity index (χ1n) is 5.75. The summed E-state index contributed by atoms with van der Waals surface area (Å²) >= 11 is 0. The van der Waals surface area contributed by atoms with Gasteiger partial charge < -0.3 is 15.8 Å². The van der Waals surface area contributed by atoms with Crippen LogP contribution in [-0.2, 0) is 15.7 Å². The number of alkyl halides is 3. The topological polar surface area (TPSA) is 77.2 Å². The van der Waals surface area contributed by atoms with Gasteiger partial charge in [0.2, 0.25) is 0 Å². The van der Waals surface area contributed by atoms with E-state index in [9.17, 15) is 18.0 Å². The Morgan fingerprint density at radius 1 is 1.45 bits per heavy atom. The van der Waals surface area contributed by atoms with Crippen LogP contribution in [0.3, 0.4) is 0 Å². The highest BCUT2D eigenvalue weighted by Gasteiger charge is 2.32. The summed E-state index contributed by atoms with van der Waals surface area (Å²) in [4.78, 5) is 14.4. The number of esters is 1. The summed E-state index contributed by atoms with van der Waals surface area (Å²) in [6.45, 7) is 4.70. The maximum absolute atomic E-state index is 12.5. The van der Waals surface area contributed by atoms with Crippen LogP contribution in [0.15, 0.2) is 12.3 Å². The van der Waals surface area contributed by atoms with Gasteiger partial charge in [-0.1, -0.05) is 0 Å². The molecule has 0 radical (unpaired) electrons. The molecule has 0 aromatic carbocycles. The molecule has 0 aliphatic rings. The third-order valence-electron chi connectivity index (χ3n) is 2.34. The number of nitrogens with one attached hydrogen (secondary N) is 1. The smallest absolute Gasteiger partial charge is 0.417 e. The van der Waals surface area contributed by atoms with Crippen LogP contribution in [0.2, 0.25) is 0 Å². The van der Waals surface area contributed by atoms with Crippen LogP contribution in [-0.4, -0.2) is 23.1 Å². The van der Waals surface area contributed by atoms with Crippen molar-refractivity contribution in [3.8, 4) is 0 Å². The van der Waals surface area contributed by atoms with Crippen LogP contribution in [0.25, 0.3) is 0 Å². The summed E-state index contributed by atoms with van der Waals surface area (Å²) in [6, 6.07) is 0.803. The molecule has 0 atom stereocenters. The summed E-state index contributed by atoms with van der Waals surface area (Å²) in [5, 5.41) is 2.84. The quantitative estimate of drug-likeness (QED) is 0.833. The van der Waals surface area contributed by atoms with Gasteiger partial charge in [-0.25, -0.2) is 4.98 Å². The molecule has 5 nitrogen and oxygen atoms in total. The number of carbonyl (C=O) groups is 1. The number of rotatable bonds is 4. The minimum absolute atomic E-state index is 0.0322. The second kappa shape index (κ2) is 5.56. The van der Waals surface area contributed by atoms with Crippen LogP contribution in [0, 0.1) is 0 Å². The normalized spacial score (nSPS) is 12.1. The summed E-state index contributed by atoms with van der Waals surface area (Å²) in [5.41, 5.74) is 3.79. The van der Waals surface area contributed by atoms with Crippen LogP contribution in [0.5, 0.6) is 0 Å². The molecule has 0 saturated heterocycles. The van der Waals surface area contributed by atoms with Gasteiger partial charge in [0, 0.05) is 13.1 Å². The molecule has 1 rings (SSSR count). The Morgan fingerprint density at radius 3 is 2.50 bits per heavy atom. The lowest BCUT2D eigenvalue weighted by Crippen LogP contribution is -2.37. The molecule has 1 aromatic rings. The Kier molecular flexibility index (Phi) is 4.46. The predicted molar refractivity (Wildman–Crippen MR) is 68.0 cm³/mol. The number of halogens is 3. The van der Waals surface area contributed by atoms with E-state index in [0.717, 1.165) is 6.07 Å². The minimum atomic E-state index is -4.49. The average Bonchev–Trinajstić information content (AvgIpc) is 2.28. The van der Waals surface area contributed by atoms with Crippen LogP contribution >= 0.6 is 0 Å². The molecule has 3 N–H and O–H groups in total. The number of aromatic nitrogens is 1. The summed E-state index contributed by atoms with van der Waals surface area (Å²) < 4.78 is 42.3. The highest BCUT2D eigenvalue weighted by molar-refractivity contribution is 5.66. The molecule has 0 aliphatic carbocycles. The van der Waals surface area contributed by atoms with E-state index in [1.54, 1.807) is 13.8 Å². The van der Waals surface area contributed by atoms with Gasteiger partial charge in [0.1, 0.15) is 12.4 Å². The van der Waals surface area contributed by atoms with E-state index in [2.05, 4.69) is 10.3 Å². The van der Waals surface area contributed by atoms with Crippen molar-refractivity contribution in [2.24, 2.45) is 0 Å². The third kappa shape index (κ3) is 4.60. The first-order chi connectivity index (χ1) is 9.01. The van der Waals surface area contributed by atoms with E-state index in [1.165, 1.54) is 6.92 Å². The lowest BCUT2D eigenvalue weighted by molar-refractivity contribution is -0.142. The molecule has 0 fully saturated rings. The first kappa shape index (κ1) is 16.1.